The predicted octanol–water partition coefficient (Wildman–Crippen LogP) is 5.01. The lowest BCUT2D eigenvalue weighted by Crippen LogP contribution is -1.84. The number of hydrogen-bond donors (Lipinski definition) is 0. The second-order valence-corrected chi connectivity index (χ2v) is 6.56. The molecule has 3 heteroatoms. The van der Waals surface area contributed by atoms with Crippen LogP contribution in [0.4, 0.5) is 5.00 Å². The lowest BCUT2D eigenvalue weighted by Gasteiger charge is -2.01. The molecule has 2 aromatic carbocycles. The van der Waals surface area contributed by atoms with Gasteiger partial charge in [0.15, 0.2) is 0 Å². The van der Waals surface area contributed by atoms with Gasteiger partial charge in [-0.2, -0.15) is 5.26 Å². The molecule has 1 aliphatic rings. The van der Waals surface area contributed by atoms with Gasteiger partial charge < -0.3 is 0 Å². The van der Waals surface area contributed by atoms with Gasteiger partial charge >= 0.3 is 0 Å². The minimum atomic E-state index is 0.786. The van der Waals surface area contributed by atoms with Crippen molar-refractivity contribution in [3.63, 3.8) is 0 Å². The maximum atomic E-state index is 9.42. The summed E-state index contributed by atoms with van der Waals surface area (Å²) in [6.07, 6.45) is 5.18. The molecule has 4 rings (SSSR count). The average Bonchev–Trinajstić information content (AvgIpc) is 3.13. The van der Waals surface area contributed by atoms with E-state index in [4.69, 9.17) is 0 Å². The summed E-state index contributed by atoms with van der Waals surface area (Å²) in [6.45, 7) is 0. The van der Waals surface area contributed by atoms with E-state index in [9.17, 15) is 5.26 Å². The lowest BCUT2D eigenvalue weighted by molar-refractivity contribution is 0.913. The molecule has 0 aliphatic heterocycles. The average molecular weight is 302 g/mol. The number of hydrogen-bond acceptors (Lipinski definition) is 3. The summed E-state index contributed by atoms with van der Waals surface area (Å²) in [5.41, 5.74) is 3.11. The summed E-state index contributed by atoms with van der Waals surface area (Å²) >= 11 is 1.68. The molecular formula is C19H14N2S. The van der Waals surface area contributed by atoms with Gasteiger partial charge in [-0.05, 0) is 35.6 Å². The van der Waals surface area contributed by atoms with Gasteiger partial charge in [-0.1, -0.05) is 42.5 Å². The Balaban J connectivity index is 1.77. The largest absolute Gasteiger partial charge is 0.244 e. The van der Waals surface area contributed by atoms with Crippen molar-refractivity contribution in [2.24, 2.45) is 4.99 Å². The number of nitriles is 1. The van der Waals surface area contributed by atoms with E-state index in [1.807, 2.05) is 24.4 Å². The summed E-state index contributed by atoms with van der Waals surface area (Å²) in [4.78, 5) is 5.98. The smallest absolute Gasteiger partial charge is 0.134 e. The van der Waals surface area contributed by atoms with E-state index in [-0.39, 0.29) is 0 Å². The topological polar surface area (TPSA) is 36.1 Å². The van der Waals surface area contributed by atoms with Crippen LogP contribution in [0.1, 0.15) is 28.0 Å². The molecule has 0 amide bonds. The van der Waals surface area contributed by atoms with Crippen molar-refractivity contribution in [2.75, 3.05) is 0 Å². The number of thiophene rings is 1. The SMILES string of the molecule is N#Cc1c(/N=C/c2cccc3ccccc23)sc2c1CCC2. The van der Waals surface area contributed by atoms with Crippen molar-refractivity contribution in [1.29, 1.82) is 5.26 Å². The van der Waals surface area contributed by atoms with Gasteiger partial charge in [0, 0.05) is 16.7 Å². The van der Waals surface area contributed by atoms with E-state index in [2.05, 4.69) is 35.3 Å². The summed E-state index contributed by atoms with van der Waals surface area (Å²) in [5, 5.41) is 12.7. The first-order chi connectivity index (χ1) is 10.9. The highest BCUT2D eigenvalue weighted by molar-refractivity contribution is 7.16. The highest BCUT2D eigenvalue weighted by atomic mass is 32.1. The molecular weight excluding hydrogens is 288 g/mol. The molecule has 106 valence electrons. The second-order valence-electron chi connectivity index (χ2n) is 5.48. The predicted molar refractivity (Wildman–Crippen MR) is 92.3 cm³/mol. The normalized spacial score (nSPS) is 13.6. The Morgan fingerprint density at radius 3 is 2.86 bits per heavy atom. The van der Waals surface area contributed by atoms with Crippen molar-refractivity contribution < 1.29 is 0 Å². The van der Waals surface area contributed by atoms with Crippen molar-refractivity contribution in [2.45, 2.75) is 19.3 Å². The first-order valence-electron chi connectivity index (χ1n) is 7.43. The van der Waals surface area contributed by atoms with Gasteiger partial charge in [0.05, 0.1) is 5.56 Å². The van der Waals surface area contributed by atoms with E-state index in [1.165, 1.54) is 27.6 Å². The van der Waals surface area contributed by atoms with Crippen LogP contribution in [0.25, 0.3) is 10.8 Å². The Hall–Kier alpha value is -2.44. The Morgan fingerprint density at radius 1 is 1.09 bits per heavy atom. The number of benzene rings is 2. The van der Waals surface area contributed by atoms with E-state index in [1.54, 1.807) is 11.3 Å². The van der Waals surface area contributed by atoms with Crippen LogP contribution in [-0.4, -0.2) is 6.21 Å². The van der Waals surface area contributed by atoms with Crippen molar-refractivity contribution in [3.8, 4) is 6.07 Å². The van der Waals surface area contributed by atoms with Crippen LogP contribution in [0.2, 0.25) is 0 Å². The fourth-order valence-electron chi connectivity index (χ4n) is 3.09. The zero-order valence-electron chi connectivity index (χ0n) is 12.0. The van der Waals surface area contributed by atoms with E-state index < -0.39 is 0 Å². The summed E-state index contributed by atoms with van der Waals surface area (Å²) in [5.74, 6) is 0. The van der Waals surface area contributed by atoms with E-state index in [0.29, 0.717) is 0 Å². The third kappa shape index (κ3) is 2.13. The van der Waals surface area contributed by atoms with Gasteiger partial charge in [-0.15, -0.1) is 11.3 Å². The van der Waals surface area contributed by atoms with Crippen LogP contribution in [0.15, 0.2) is 47.5 Å². The Bertz CT molecular complexity index is 923. The highest BCUT2D eigenvalue weighted by Crippen LogP contribution is 2.40. The molecule has 0 saturated carbocycles. The molecule has 0 bridgehead atoms. The van der Waals surface area contributed by atoms with E-state index >= 15 is 0 Å². The molecule has 0 saturated heterocycles. The number of aliphatic imine (C=N–C) groups is 1. The third-order valence-electron chi connectivity index (χ3n) is 4.16. The van der Waals surface area contributed by atoms with Crippen LogP contribution in [0.5, 0.6) is 0 Å². The second kappa shape index (κ2) is 5.40. The van der Waals surface area contributed by atoms with Crippen LogP contribution in [0, 0.1) is 11.3 Å². The fraction of sp³-hybridized carbons (Fsp3) is 0.158. The van der Waals surface area contributed by atoms with E-state index in [0.717, 1.165) is 29.0 Å². The molecule has 0 radical (unpaired) electrons. The Morgan fingerprint density at radius 2 is 1.95 bits per heavy atom. The minimum Gasteiger partial charge on any atom is -0.244 e. The number of nitrogens with zero attached hydrogens (tertiary/aromatic N) is 2. The maximum absolute atomic E-state index is 9.42. The van der Waals surface area contributed by atoms with Gasteiger partial charge in [0.25, 0.3) is 0 Å². The minimum absolute atomic E-state index is 0.786. The molecule has 2 nitrogen and oxygen atoms in total. The van der Waals surface area contributed by atoms with Crippen molar-refractivity contribution >= 4 is 33.3 Å². The molecule has 1 heterocycles. The van der Waals surface area contributed by atoms with Gasteiger partial charge in [0.2, 0.25) is 0 Å². The van der Waals surface area contributed by atoms with Crippen molar-refractivity contribution in [1.82, 2.24) is 0 Å². The van der Waals surface area contributed by atoms with Crippen molar-refractivity contribution in [3.05, 3.63) is 64.0 Å². The zero-order valence-corrected chi connectivity index (χ0v) is 12.9. The maximum Gasteiger partial charge on any atom is 0.134 e. The molecule has 0 spiro atoms. The molecule has 1 aliphatic carbocycles. The molecule has 3 aromatic rings. The van der Waals surface area contributed by atoms with Gasteiger partial charge in [0.1, 0.15) is 11.1 Å². The monoisotopic (exact) mass is 302 g/mol. The fourth-order valence-corrected chi connectivity index (χ4v) is 4.27. The quantitative estimate of drug-likeness (QED) is 0.613. The number of fused-ring (bicyclic) bond motifs is 2. The molecule has 0 fully saturated rings. The van der Waals surface area contributed by atoms with Crippen LogP contribution >= 0.6 is 11.3 Å². The molecule has 0 atom stereocenters. The summed E-state index contributed by atoms with van der Waals surface area (Å²) in [7, 11) is 0. The molecule has 22 heavy (non-hydrogen) atoms. The highest BCUT2D eigenvalue weighted by Gasteiger charge is 2.21. The Labute approximate surface area is 133 Å². The third-order valence-corrected chi connectivity index (χ3v) is 5.36. The first-order valence-corrected chi connectivity index (χ1v) is 8.25. The van der Waals surface area contributed by atoms with Crippen LogP contribution < -0.4 is 0 Å². The zero-order chi connectivity index (χ0) is 14.9. The summed E-state index contributed by atoms with van der Waals surface area (Å²) in [6, 6.07) is 16.9. The van der Waals surface area contributed by atoms with Crippen LogP contribution in [-0.2, 0) is 12.8 Å². The molecule has 1 aromatic heterocycles. The molecule has 0 N–H and O–H groups in total. The van der Waals surface area contributed by atoms with Gasteiger partial charge in [-0.25, -0.2) is 4.99 Å². The molecule has 0 unspecified atom stereocenters. The summed E-state index contributed by atoms with van der Waals surface area (Å²) < 4.78 is 0. The Kier molecular flexibility index (Phi) is 3.25. The first kappa shape index (κ1) is 13.2. The lowest BCUT2D eigenvalue weighted by atomic mass is 10.1. The number of rotatable bonds is 2. The van der Waals surface area contributed by atoms with Crippen LogP contribution in [0.3, 0.4) is 0 Å². The van der Waals surface area contributed by atoms with Gasteiger partial charge in [-0.3, -0.25) is 0 Å². The number of aryl methyl sites for hydroxylation is 1. The standard InChI is InChI=1S/C19H14N2S/c20-11-17-16-9-4-10-18(16)22-19(17)21-12-14-7-3-6-13-5-1-2-8-15(13)14/h1-3,5-8,12H,4,9-10H2/b21-12+.